The van der Waals surface area contributed by atoms with Crippen LogP contribution >= 0.6 is 0 Å². The third-order valence-electron chi connectivity index (χ3n) is 18.0. The van der Waals surface area contributed by atoms with E-state index in [9.17, 15) is 24.7 Å². The largest absolute Gasteiger partial charge is 0.461 e. The van der Waals surface area contributed by atoms with E-state index in [1.807, 2.05) is 77.1 Å². The highest BCUT2D eigenvalue weighted by molar-refractivity contribution is 5.91. The van der Waals surface area contributed by atoms with Crippen LogP contribution in [-0.2, 0) is 84.4 Å². The minimum absolute atomic E-state index is 0.00984. The number of hydrogen-bond donors (Lipinski definition) is 4. The number of esters is 2. The Morgan fingerprint density at radius 3 is 2.14 bits per heavy atom. The number of aliphatic hydroxyl groups excluding tert-OH is 2. The van der Waals surface area contributed by atoms with Gasteiger partial charge < -0.3 is 77.8 Å². The Balaban J connectivity index is 1.46. The number of alkyl carbamates (subject to hydrolysis) is 1. The van der Waals surface area contributed by atoms with E-state index in [0.717, 1.165) is 11.1 Å². The highest BCUT2D eigenvalue weighted by Crippen LogP contribution is 2.41. The summed E-state index contributed by atoms with van der Waals surface area (Å²) in [6, 6.07) is 16.3. The van der Waals surface area contributed by atoms with Crippen molar-refractivity contribution in [1.29, 1.82) is 0 Å². The summed E-state index contributed by atoms with van der Waals surface area (Å²) in [5.74, 6) is -7.72. The SMILES string of the molecule is CON=C1C[C@@H](C)O[C@@H](O[C@@H]2[C@@H](C)[C@H](O[C@H]3CC(C)N(CCNCc4ccccc4N=O)C[C@H](C)O3)[C@@H](C)C(=O)O[C@H]([C@@H](C)CO[C@@H]3O[C@H](C)[C@@H](O)[C@@H](OC)[C@H]3OC)[C@H](C)[C@@H](OC(=O)CC(C)C)[C@@H](C)C(=O)[C@@](C)(OC(=O)NCc3ccccc3)C[C@@H]2C)[C@@H]1O. The molecular weight excluding hydrogens is 1170 g/mol. The van der Waals surface area contributed by atoms with Gasteiger partial charge in [-0.05, 0) is 82.2 Å². The van der Waals surface area contributed by atoms with Crippen molar-refractivity contribution >= 4 is 35.2 Å². The van der Waals surface area contributed by atoms with Gasteiger partial charge in [-0.2, -0.15) is 0 Å². The second-order valence-electron chi connectivity index (χ2n) is 25.9. The Labute approximate surface area is 531 Å². The summed E-state index contributed by atoms with van der Waals surface area (Å²) in [6.45, 7) is 25.4. The van der Waals surface area contributed by atoms with Crippen molar-refractivity contribution in [3.63, 3.8) is 0 Å². The molecule has 90 heavy (non-hydrogen) atoms. The molecule has 0 bridgehead atoms. The van der Waals surface area contributed by atoms with Gasteiger partial charge in [-0.15, -0.1) is 4.91 Å². The standard InChI is InChI=1S/C66H103N5O19/c1-36(2)28-51(72)86-57-43(9)56(38(4)35-82-64-60(80-15)59(79-14)53(73)46(12)85-64)88-62(76)45(11)58(87-52-29-39(5)71(34-41(7)83-52)27-26-67-33-48-24-20-21-25-49(48)69-78)42(8)55(89-63-54(74)50(70-81-16)30-40(6)84-63)37(3)31-66(13,61(75)44(57)10)90-65(77)68-32-47-22-18-17-19-23-47/h17-25,36-46,52-60,63-64,67,73-74H,26-35H2,1-16H3,(H,68,77)/t37-,38-,39?,40+,41-,42+,43-,44+,45+,46+,52-,53+,54+,55-,56+,57+,58-,59+,60+,63-,64+,66-/m0/s1. The third-order valence-corrected chi connectivity index (χ3v) is 18.0. The molecule has 24 heteroatoms. The van der Waals surface area contributed by atoms with Crippen LogP contribution in [0.3, 0.4) is 0 Å². The predicted molar refractivity (Wildman–Crippen MR) is 333 cm³/mol. The van der Waals surface area contributed by atoms with E-state index in [4.69, 9.17) is 56.9 Å². The van der Waals surface area contributed by atoms with Crippen molar-refractivity contribution in [2.75, 3.05) is 47.6 Å². The van der Waals surface area contributed by atoms with Gasteiger partial charge in [0.25, 0.3) is 0 Å². The molecule has 4 fully saturated rings. The summed E-state index contributed by atoms with van der Waals surface area (Å²) in [5, 5.41) is 36.5. The molecule has 4 aliphatic rings. The Hall–Kier alpha value is -5.09. The number of nitroso groups, excluding NO2 is 1. The van der Waals surface area contributed by atoms with E-state index in [0.29, 0.717) is 38.3 Å². The monoisotopic (exact) mass is 1270 g/mol. The van der Waals surface area contributed by atoms with E-state index >= 15 is 9.59 Å². The van der Waals surface area contributed by atoms with Crippen LogP contribution in [0.5, 0.6) is 0 Å². The van der Waals surface area contributed by atoms with E-state index < -0.39 is 145 Å². The van der Waals surface area contributed by atoms with E-state index in [1.165, 1.54) is 28.3 Å². The zero-order valence-corrected chi connectivity index (χ0v) is 55.6. The number of Topliss-reactive ketones (excluding diaryl/α,β-unsaturated/α-hetero) is 1. The molecule has 0 aromatic heterocycles. The summed E-state index contributed by atoms with van der Waals surface area (Å²) in [6.07, 6.45) is -14.3. The smallest absolute Gasteiger partial charge is 0.408 e. The van der Waals surface area contributed by atoms with Gasteiger partial charge in [0.15, 0.2) is 30.3 Å². The lowest BCUT2D eigenvalue weighted by atomic mass is 9.74. The number of methoxy groups -OCH3 is 2. The average molecular weight is 1270 g/mol. The second-order valence-corrected chi connectivity index (χ2v) is 25.9. The van der Waals surface area contributed by atoms with Crippen LogP contribution in [0, 0.1) is 46.3 Å². The van der Waals surface area contributed by atoms with Crippen LogP contribution in [0.4, 0.5) is 10.5 Å². The van der Waals surface area contributed by atoms with Crippen LogP contribution in [0.2, 0.25) is 0 Å². The first-order valence-electron chi connectivity index (χ1n) is 32.0. The molecule has 506 valence electrons. The number of rotatable bonds is 23. The van der Waals surface area contributed by atoms with E-state index in [-0.39, 0.29) is 56.2 Å². The number of oxime groups is 1. The molecule has 0 saturated carbocycles. The molecule has 24 nitrogen and oxygen atoms in total. The maximum absolute atomic E-state index is 16.0. The molecule has 2 aromatic carbocycles. The minimum atomic E-state index is -1.99. The molecule has 4 N–H and O–H groups in total. The molecule has 1 unspecified atom stereocenters. The minimum Gasteiger partial charge on any atom is -0.461 e. The molecule has 0 aliphatic carbocycles. The van der Waals surface area contributed by atoms with Crippen LogP contribution in [0.15, 0.2) is 64.9 Å². The van der Waals surface area contributed by atoms with Gasteiger partial charge in [0.05, 0.1) is 54.7 Å². The van der Waals surface area contributed by atoms with Crippen molar-refractivity contribution in [2.45, 2.75) is 226 Å². The highest BCUT2D eigenvalue weighted by atomic mass is 16.7. The van der Waals surface area contributed by atoms with Gasteiger partial charge >= 0.3 is 18.0 Å². The first-order chi connectivity index (χ1) is 42.7. The number of ether oxygens (including phenoxy) is 11. The Morgan fingerprint density at radius 2 is 1.48 bits per heavy atom. The summed E-state index contributed by atoms with van der Waals surface area (Å²) in [5.41, 5.74) is 0.214. The third kappa shape index (κ3) is 19.7. The Kier molecular flexibility index (Phi) is 28.5. The lowest BCUT2D eigenvalue weighted by Gasteiger charge is -2.45. The number of nitrogens with one attached hydrogen (secondary N) is 2. The topological polar surface area (TPSA) is 289 Å². The lowest BCUT2D eigenvalue weighted by Crippen LogP contribution is -2.59. The number of benzene rings is 2. The lowest BCUT2D eigenvalue weighted by molar-refractivity contribution is -0.305. The number of nitrogens with zero attached hydrogens (tertiary/aromatic N) is 3. The molecule has 0 radical (unpaired) electrons. The molecule has 4 heterocycles. The molecular formula is C66H103N5O19. The number of cyclic esters (lactones) is 1. The van der Waals surface area contributed by atoms with Crippen LogP contribution in [-0.4, -0.2) is 190 Å². The van der Waals surface area contributed by atoms with Crippen molar-refractivity contribution in [2.24, 2.45) is 51.8 Å². The van der Waals surface area contributed by atoms with Crippen LogP contribution in [0.25, 0.3) is 0 Å². The summed E-state index contributed by atoms with van der Waals surface area (Å²) in [4.78, 5) is 79.1. The molecule has 2 aromatic rings. The van der Waals surface area contributed by atoms with Gasteiger partial charge in [0, 0.05) is 90.0 Å². The maximum Gasteiger partial charge on any atom is 0.408 e. The van der Waals surface area contributed by atoms with Gasteiger partial charge in [0.1, 0.15) is 49.4 Å². The number of ketones is 1. The molecule has 4 aliphatic heterocycles. The predicted octanol–water partition coefficient (Wildman–Crippen LogP) is 7.76. The number of carbonyl (C=O) groups is 4. The zero-order valence-electron chi connectivity index (χ0n) is 55.6. The number of amides is 1. The van der Waals surface area contributed by atoms with Crippen molar-refractivity contribution in [3.05, 3.63) is 70.6 Å². The molecule has 6 rings (SSSR count). The summed E-state index contributed by atoms with van der Waals surface area (Å²) < 4.78 is 71.2. The van der Waals surface area contributed by atoms with Crippen LogP contribution in [0.1, 0.15) is 127 Å². The quantitative estimate of drug-likeness (QED) is 0.0272. The van der Waals surface area contributed by atoms with Crippen molar-refractivity contribution in [1.82, 2.24) is 15.5 Å². The first kappa shape index (κ1) is 74.0. The second kappa shape index (κ2) is 34.7. The van der Waals surface area contributed by atoms with Gasteiger partial charge in [0.2, 0.25) is 0 Å². The van der Waals surface area contributed by atoms with Gasteiger partial charge in [-0.3, -0.25) is 19.3 Å². The summed E-state index contributed by atoms with van der Waals surface area (Å²) in [7, 11) is 4.28. The average Bonchev–Trinajstić information content (AvgIpc) is 0.859. The van der Waals surface area contributed by atoms with Crippen LogP contribution < -0.4 is 10.6 Å². The first-order valence-corrected chi connectivity index (χ1v) is 32.0. The van der Waals surface area contributed by atoms with Crippen molar-refractivity contribution in [3.8, 4) is 0 Å². The Bertz CT molecular complexity index is 2620. The number of carbonyl (C=O) groups excluding carboxylic acids is 4. The van der Waals surface area contributed by atoms with Crippen molar-refractivity contribution < 1.29 is 86.3 Å². The molecule has 1 amide bonds. The molecule has 0 spiro atoms. The molecule has 22 atom stereocenters. The number of hydrogen-bond acceptors (Lipinski definition) is 23. The Morgan fingerprint density at radius 1 is 0.789 bits per heavy atom. The van der Waals surface area contributed by atoms with Gasteiger partial charge in [-0.1, -0.05) is 102 Å². The fourth-order valence-electron chi connectivity index (χ4n) is 13.2. The van der Waals surface area contributed by atoms with E-state index in [2.05, 4.69) is 32.8 Å². The highest BCUT2D eigenvalue weighted by Gasteiger charge is 2.53. The normalized spacial score (nSPS) is 36.0. The maximum atomic E-state index is 16.0. The fourth-order valence-corrected chi connectivity index (χ4v) is 13.2. The zero-order chi connectivity index (χ0) is 66.1. The fraction of sp³-hybridized carbons (Fsp3) is 0.742. The number of aliphatic hydroxyl groups is 2. The van der Waals surface area contributed by atoms with E-state index in [1.54, 1.807) is 53.7 Å². The summed E-state index contributed by atoms with van der Waals surface area (Å²) >= 11 is 0. The van der Waals surface area contributed by atoms with Gasteiger partial charge in [-0.25, -0.2) is 4.79 Å². The molecule has 4 saturated heterocycles.